The van der Waals surface area contributed by atoms with Crippen molar-refractivity contribution in [2.24, 2.45) is 0 Å². The number of hydrogen-bond donors (Lipinski definition) is 2. The van der Waals surface area contributed by atoms with Gasteiger partial charge in [-0.3, -0.25) is 9.78 Å². The second kappa shape index (κ2) is 8.96. The maximum absolute atomic E-state index is 11.8. The average Bonchev–Trinajstić information content (AvgIpc) is 2.82. The van der Waals surface area contributed by atoms with Gasteiger partial charge in [-0.25, -0.2) is 0 Å². The predicted octanol–water partition coefficient (Wildman–Crippen LogP) is 1.33. The van der Waals surface area contributed by atoms with Gasteiger partial charge < -0.3 is 16.0 Å². The second-order valence-electron chi connectivity index (χ2n) is 4.27. The van der Waals surface area contributed by atoms with E-state index in [1.54, 1.807) is 12.3 Å². The van der Waals surface area contributed by atoms with E-state index in [4.69, 9.17) is 5.73 Å². The third kappa shape index (κ3) is 5.22. The van der Waals surface area contributed by atoms with Gasteiger partial charge in [-0.15, -0.1) is 24.8 Å². The number of amides is 1. The van der Waals surface area contributed by atoms with Crippen LogP contribution in [0, 0.1) is 0 Å². The van der Waals surface area contributed by atoms with Gasteiger partial charge in [0.05, 0.1) is 5.56 Å². The molecule has 7 heteroatoms. The van der Waals surface area contributed by atoms with Crippen LogP contribution in [0.15, 0.2) is 18.5 Å². The first-order chi connectivity index (χ1) is 8.27. The number of hydrogen-bond acceptors (Lipinski definition) is 4. The highest BCUT2D eigenvalue weighted by atomic mass is 35.5. The van der Waals surface area contributed by atoms with Crippen molar-refractivity contribution in [3.05, 3.63) is 24.0 Å². The molecule has 1 aliphatic heterocycles. The highest BCUT2D eigenvalue weighted by Crippen LogP contribution is 2.08. The van der Waals surface area contributed by atoms with Crippen molar-refractivity contribution in [3.63, 3.8) is 0 Å². The van der Waals surface area contributed by atoms with Crippen LogP contribution >= 0.6 is 24.8 Å². The minimum absolute atomic E-state index is 0. The summed E-state index contributed by atoms with van der Waals surface area (Å²) >= 11 is 0. The SMILES string of the molecule is Cl.Cl.Nc1ccncc1C(=O)NCCN1CCCC1. The van der Waals surface area contributed by atoms with Gasteiger partial charge >= 0.3 is 0 Å². The van der Waals surface area contributed by atoms with Gasteiger partial charge in [-0.1, -0.05) is 0 Å². The molecule has 0 aromatic carbocycles. The van der Waals surface area contributed by atoms with Crippen LogP contribution in [0.4, 0.5) is 5.69 Å². The van der Waals surface area contributed by atoms with Crippen LogP contribution in [0.5, 0.6) is 0 Å². The summed E-state index contributed by atoms with van der Waals surface area (Å²) < 4.78 is 0. The molecule has 1 aliphatic rings. The van der Waals surface area contributed by atoms with E-state index in [1.807, 2.05) is 0 Å². The molecular weight excluding hydrogens is 287 g/mol. The van der Waals surface area contributed by atoms with E-state index in [0.717, 1.165) is 19.6 Å². The van der Waals surface area contributed by atoms with Gasteiger partial charge in [0.2, 0.25) is 0 Å². The average molecular weight is 307 g/mol. The third-order valence-corrected chi connectivity index (χ3v) is 3.01. The van der Waals surface area contributed by atoms with Crippen molar-refractivity contribution < 1.29 is 4.79 Å². The number of likely N-dealkylation sites (tertiary alicyclic amines) is 1. The Morgan fingerprint density at radius 2 is 2.05 bits per heavy atom. The van der Waals surface area contributed by atoms with E-state index in [9.17, 15) is 4.79 Å². The first-order valence-electron chi connectivity index (χ1n) is 5.97. The standard InChI is InChI=1S/C12H18N4O.2ClH/c13-11-3-4-14-9-10(11)12(17)15-5-8-16-6-1-2-7-16;;/h3-4,9H,1-2,5-8H2,(H2,13,14)(H,15,17);2*1H. The van der Waals surface area contributed by atoms with E-state index >= 15 is 0 Å². The van der Waals surface area contributed by atoms with Gasteiger partial charge in [-0.05, 0) is 32.0 Å². The summed E-state index contributed by atoms with van der Waals surface area (Å²) in [6.07, 6.45) is 5.61. The smallest absolute Gasteiger partial charge is 0.254 e. The summed E-state index contributed by atoms with van der Waals surface area (Å²) in [5.74, 6) is -0.144. The van der Waals surface area contributed by atoms with E-state index in [1.165, 1.54) is 19.0 Å². The quantitative estimate of drug-likeness (QED) is 0.880. The molecule has 5 nitrogen and oxygen atoms in total. The normalized spacial score (nSPS) is 14.3. The number of anilines is 1. The molecule has 0 aliphatic carbocycles. The van der Waals surface area contributed by atoms with E-state index in [2.05, 4.69) is 15.2 Å². The molecule has 1 amide bonds. The molecule has 0 saturated carbocycles. The molecule has 2 heterocycles. The second-order valence-corrected chi connectivity index (χ2v) is 4.27. The molecular formula is C12H20Cl2N4O. The van der Waals surface area contributed by atoms with Crippen LogP contribution in [-0.2, 0) is 0 Å². The van der Waals surface area contributed by atoms with Crippen molar-refractivity contribution in [3.8, 4) is 0 Å². The van der Waals surface area contributed by atoms with E-state index in [0.29, 0.717) is 17.8 Å². The first kappa shape index (κ1) is 18.0. The van der Waals surface area contributed by atoms with Crippen LogP contribution in [0.25, 0.3) is 0 Å². The number of carbonyl (C=O) groups excluding carboxylic acids is 1. The zero-order chi connectivity index (χ0) is 12.1. The lowest BCUT2D eigenvalue weighted by Crippen LogP contribution is -2.33. The largest absolute Gasteiger partial charge is 0.398 e. The summed E-state index contributed by atoms with van der Waals surface area (Å²) in [5.41, 5.74) is 6.63. The van der Waals surface area contributed by atoms with Crippen LogP contribution in [-0.4, -0.2) is 42.0 Å². The monoisotopic (exact) mass is 306 g/mol. The zero-order valence-corrected chi connectivity index (χ0v) is 12.3. The third-order valence-electron chi connectivity index (χ3n) is 3.01. The fourth-order valence-electron chi connectivity index (χ4n) is 2.02. The maximum Gasteiger partial charge on any atom is 0.254 e. The zero-order valence-electron chi connectivity index (χ0n) is 10.7. The molecule has 0 bridgehead atoms. The molecule has 0 spiro atoms. The number of carbonyl (C=O) groups is 1. The van der Waals surface area contributed by atoms with E-state index in [-0.39, 0.29) is 30.7 Å². The van der Waals surface area contributed by atoms with Crippen LogP contribution in [0.2, 0.25) is 0 Å². The molecule has 19 heavy (non-hydrogen) atoms. The Labute approximate surface area is 125 Å². The topological polar surface area (TPSA) is 71.2 Å². The van der Waals surface area contributed by atoms with Crippen LogP contribution in [0.1, 0.15) is 23.2 Å². The molecule has 3 N–H and O–H groups in total. The van der Waals surface area contributed by atoms with Gasteiger partial charge in [0.15, 0.2) is 0 Å². The lowest BCUT2D eigenvalue weighted by atomic mass is 10.2. The molecule has 1 aromatic rings. The van der Waals surface area contributed by atoms with Crippen molar-refractivity contribution in [1.82, 2.24) is 15.2 Å². The summed E-state index contributed by atoms with van der Waals surface area (Å²) in [6, 6.07) is 1.63. The van der Waals surface area contributed by atoms with E-state index < -0.39 is 0 Å². The maximum atomic E-state index is 11.8. The van der Waals surface area contributed by atoms with Crippen molar-refractivity contribution in [2.45, 2.75) is 12.8 Å². The Kier molecular flexibility index (Phi) is 8.47. The lowest BCUT2D eigenvalue weighted by Gasteiger charge is -2.14. The highest BCUT2D eigenvalue weighted by molar-refractivity contribution is 5.98. The van der Waals surface area contributed by atoms with Crippen molar-refractivity contribution >= 4 is 36.4 Å². The molecule has 1 fully saturated rings. The Morgan fingerprint density at radius 1 is 1.37 bits per heavy atom. The minimum Gasteiger partial charge on any atom is -0.398 e. The van der Waals surface area contributed by atoms with Gasteiger partial charge in [0.25, 0.3) is 5.91 Å². The molecule has 1 aromatic heterocycles. The van der Waals surface area contributed by atoms with Gasteiger partial charge in [-0.2, -0.15) is 0 Å². The number of nitrogen functional groups attached to an aromatic ring is 1. The van der Waals surface area contributed by atoms with Crippen LogP contribution in [0.3, 0.4) is 0 Å². The van der Waals surface area contributed by atoms with Crippen LogP contribution < -0.4 is 11.1 Å². The number of pyridine rings is 1. The Bertz CT molecular complexity index is 397. The van der Waals surface area contributed by atoms with Crippen molar-refractivity contribution in [2.75, 3.05) is 31.9 Å². The Morgan fingerprint density at radius 3 is 2.68 bits per heavy atom. The highest BCUT2D eigenvalue weighted by Gasteiger charge is 2.12. The van der Waals surface area contributed by atoms with Gasteiger partial charge in [0.1, 0.15) is 0 Å². The predicted molar refractivity (Wildman–Crippen MR) is 81.2 cm³/mol. The number of halogens is 2. The number of nitrogens with one attached hydrogen (secondary N) is 1. The number of aromatic nitrogens is 1. The minimum atomic E-state index is -0.144. The summed E-state index contributed by atoms with van der Waals surface area (Å²) in [6.45, 7) is 3.86. The Hall–Kier alpha value is -1.04. The first-order valence-corrected chi connectivity index (χ1v) is 5.97. The molecule has 1 saturated heterocycles. The Balaban J connectivity index is 0.00000162. The molecule has 108 valence electrons. The fourth-order valence-corrected chi connectivity index (χ4v) is 2.02. The summed E-state index contributed by atoms with van der Waals surface area (Å²) in [5, 5.41) is 2.87. The molecule has 0 radical (unpaired) electrons. The molecule has 0 unspecified atom stereocenters. The lowest BCUT2D eigenvalue weighted by molar-refractivity contribution is 0.0950. The number of rotatable bonds is 4. The molecule has 2 rings (SSSR count). The number of nitrogens with zero attached hydrogens (tertiary/aromatic N) is 2. The van der Waals surface area contributed by atoms with Gasteiger partial charge in [0, 0.05) is 31.2 Å². The number of nitrogens with two attached hydrogens (primary N) is 1. The summed E-state index contributed by atoms with van der Waals surface area (Å²) in [7, 11) is 0. The summed E-state index contributed by atoms with van der Waals surface area (Å²) in [4.78, 5) is 18.0. The van der Waals surface area contributed by atoms with Crippen molar-refractivity contribution in [1.29, 1.82) is 0 Å². The molecule has 0 atom stereocenters. The fraction of sp³-hybridized carbons (Fsp3) is 0.500.